The number of nitrogens with one attached hydrogen (secondary N) is 1. The van der Waals surface area contributed by atoms with Gasteiger partial charge in [0.05, 0.1) is 16.2 Å². The maximum Gasteiger partial charge on any atom is 0.274 e. The largest absolute Gasteiger partial charge is 0.321 e. The van der Waals surface area contributed by atoms with E-state index in [1.807, 2.05) is 0 Å². The quantitative estimate of drug-likeness (QED) is 0.678. The first-order valence-electron chi connectivity index (χ1n) is 5.29. The number of hydrogen-bond donors (Lipinski definition) is 1. The number of nitro benzene ring substituents is 1. The molecular formula is C12H9BrN2O3S. The van der Waals surface area contributed by atoms with Crippen LogP contribution in [0.2, 0.25) is 0 Å². The first-order valence-corrected chi connectivity index (χ1v) is 6.96. The lowest BCUT2D eigenvalue weighted by Gasteiger charge is -2.07. The molecule has 0 aliphatic carbocycles. The molecule has 1 N–H and O–H groups in total. The zero-order valence-electron chi connectivity index (χ0n) is 9.84. The maximum absolute atomic E-state index is 12.0. The van der Waals surface area contributed by atoms with Crippen molar-refractivity contribution >= 4 is 44.5 Å². The summed E-state index contributed by atoms with van der Waals surface area (Å²) in [5, 5.41) is 15.3. The number of rotatable bonds is 3. The van der Waals surface area contributed by atoms with E-state index in [1.165, 1.54) is 17.4 Å². The van der Waals surface area contributed by atoms with E-state index in [1.54, 1.807) is 30.5 Å². The predicted octanol–water partition coefficient (Wildman–Crippen LogP) is 3.98. The van der Waals surface area contributed by atoms with Gasteiger partial charge in [0.2, 0.25) is 0 Å². The highest BCUT2D eigenvalue weighted by atomic mass is 79.9. The lowest BCUT2D eigenvalue weighted by Crippen LogP contribution is -2.12. The molecule has 19 heavy (non-hydrogen) atoms. The molecule has 1 aromatic carbocycles. The van der Waals surface area contributed by atoms with Crippen LogP contribution < -0.4 is 5.32 Å². The van der Waals surface area contributed by atoms with Gasteiger partial charge in [0.25, 0.3) is 11.6 Å². The highest BCUT2D eigenvalue weighted by Gasteiger charge is 2.17. The fraction of sp³-hybridized carbons (Fsp3) is 0.0833. The van der Waals surface area contributed by atoms with Gasteiger partial charge >= 0.3 is 0 Å². The zero-order valence-corrected chi connectivity index (χ0v) is 12.2. The van der Waals surface area contributed by atoms with Gasteiger partial charge in [0, 0.05) is 10.5 Å². The lowest BCUT2D eigenvalue weighted by molar-refractivity contribution is -0.385. The van der Waals surface area contributed by atoms with Gasteiger partial charge in [-0.15, -0.1) is 11.3 Å². The SMILES string of the molecule is Cc1c(NC(=O)c2sccc2Br)cccc1[N+](=O)[O-]. The molecule has 0 fully saturated rings. The van der Waals surface area contributed by atoms with Gasteiger partial charge in [-0.05, 0) is 40.4 Å². The maximum atomic E-state index is 12.0. The Morgan fingerprint density at radius 3 is 2.74 bits per heavy atom. The van der Waals surface area contributed by atoms with Crippen molar-refractivity contribution < 1.29 is 9.72 Å². The van der Waals surface area contributed by atoms with E-state index in [-0.39, 0.29) is 11.6 Å². The van der Waals surface area contributed by atoms with Crippen LogP contribution in [0.4, 0.5) is 11.4 Å². The minimum atomic E-state index is -0.466. The normalized spacial score (nSPS) is 10.2. The number of carbonyl (C=O) groups is 1. The molecular weight excluding hydrogens is 332 g/mol. The van der Waals surface area contributed by atoms with Crippen LogP contribution in [0.3, 0.4) is 0 Å². The zero-order chi connectivity index (χ0) is 14.0. The molecule has 0 bridgehead atoms. The van der Waals surface area contributed by atoms with Crippen molar-refractivity contribution in [1.29, 1.82) is 0 Å². The summed E-state index contributed by atoms with van der Waals surface area (Å²) < 4.78 is 0.707. The Balaban J connectivity index is 2.30. The fourth-order valence-corrected chi connectivity index (χ4v) is 3.04. The molecule has 1 aromatic heterocycles. The standard InChI is InChI=1S/C12H9BrN2O3S/c1-7-9(3-2-4-10(7)15(17)18)14-12(16)11-8(13)5-6-19-11/h2-6H,1H3,(H,14,16). The monoisotopic (exact) mass is 340 g/mol. The van der Waals surface area contributed by atoms with Crippen LogP contribution >= 0.6 is 27.3 Å². The highest BCUT2D eigenvalue weighted by molar-refractivity contribution is 9.10. The fourth-order valence-electron chi connectivity index (χ4n) is 1.59. The Labute approximate surface area is 121 Å². The van der Waals surface area contributed by atoms with E-state index in [9.17, 15) is 14.9 Å². The average molecular weight is 341 g/mol. The topological polar surface area (TPSA) is 72.2 Å². The van der Waals surface area contributed by atoms with Gasteiger partial charge in [-0.2, -0.15) is 0 Å². The molecule has 0 aliphatic rings. The Morgan fingerprint density at radius 2 is 2.16 bits per heavy atom. The van der Waals surface area contributed by atoms with E-state index in [0.29, 0.717) is 20.6 Å². The molecule has 0 saturated heterocycles. The van der Waals surface area contributed by atoms with Crippen molar-refractivity contribution in [3.8, 4) is 0 Å². The van der Waals surface area contributed by atoms with Crippen molar-refractivity contribution in [2.24, 2.45) is 0 Å². The molecule has 98 valence electrons. The first kappa shape index (κ1) is 13.7. The van der Waals surface area contributed by atoms with Crippen LogP contribution in [0.25, 0.3) is 0 Å². The molecule has 1 amide bonds. The molecule has 2 rings (SSSR count). The third-order valence-electron chi connectivity index (χ3n) is 2.57. The van der Waals surface area contributed by atoms with Crippen LogP contribution in [-0.2, 0) is 0 Å². The smallest absolute Gasteiger partial charge is 0.274 e. The van der Waals surface area contributed by atoms with E-state index in [4.69, 9.17) is 0 Å². The molecule has 2 aromatic rings. The minimum absolute atomic E-state index is 0.0111. The number of thiophene rings is 1. The summed E-state index contributed by atoms with van der Waals surface area (Å²) >= 11 is 4.58. The molecule has 0 aliphatic heterocycles. The summed E-state index contributed by atoms with van der Waals surface area (Å²) in [6, 6.07) is 6.37. The lowest BCUT2D eigenvalue weighted by atomic mass is 10.1. The van der Waals surface area contributed by atoms with Gasteiger partial charge in [0.1, 0.15) is 4.88 Å². The van der Waals surface area contributed by atoms with Gasteiger partial charge in [-0.3, -0.25) is 14.9 Å². The summed E-state index contributed by atoms with van der Waals surface area (Å²) in [7, 11) is 0. The molecule has 1 heterocycles. The van der Waals surface area contributed by atoms with Crippen molar-refractivity contribution in [1.82, 2.24) is 0 Å². The molecule has 7 heteroatoms. The summed E-state index contributed by atoms with van der Waals surface area (Å²) in [6.45, 7) is 1.61. The van der Waals surface area contributed by atoms with E-state index in [0.717, 1.165) is 0 Å². The summed E-state index contributed by atoms with van der Waals surface area (Å²) in [5.74, 6) is -0.287. The molecule has 0 radical (unpaired) electrons. The van der Waals surface area contributed by atoms with Crippen LogP contribution in [0.15, 0.2) is 34.1 Å². The molecule has 5 nitrogen and oxygen atoms in total. The van der Waals surface area contributed by atoms with E-state index >= 15 is 0 Å². The van der Waals surface area contributed by atoms with Crippen molar-refractivity contribution in [3.05, 3.63) is 54.7 Å². The number of anilines is 1. The van der Waals surface area contributed by atoms with Crippen molar-refractivity contribution in [2.75, 3.05) is 5.32 Å². The third kappa shape index (κ3) is 2.82. The number of hydrogen-bond acceptors (Lipinski definition) is 4. The minimum Gasteiger partial charge on any atom is -0.321 e. The highest BCUT2D eigenvalue weighted by Crippen LogP contribution is 2.27. The van der Waals surface area contributed by atoms with Crippen molar-refractivity contribution in [2.45, 2.75) is 6.92 Å². The second-order valence-electron chi connectivity index (χ2n) is 3.76. The van der Waals surface area contributed by atoms with E-state index in [2.05, 4.69) is 21.2 Å². The third-order valence-corrected chi connectivity index (χ3v) is 4.41. The predicted molar refractivity (Wildman–Crippen MR) is 77.8 cm³/mol. The number of carbonyl (C=O) groups excluding carboxylic acids is 1. The summed E-state index contributed by atoms with van der Waals surface area (Å²) in [4.78, 5) is 22.9. The molecule has 0 unspecified atom stereocenters. The molecule has 0 saturated carbocycles. The van der Waals surface area contributed by atoms with Crippen LogP contribution in [-0.4, -0.2) is 10.8 Å². The van der Waals surface area contributed by atoms with Gasteiger partial charge in [0.15, 0.2) is 0 Å². The van der Waals surface area contributed by atoms with Gasteiger partial charge in [-0.1, -0.05) is 6.07 Å². The number of halogens is 1. The average Bonchev–Trinajstić information content (AvgIpc) is 2.77. The van der Waals surface area contributed by atoms with Crippen LogP contribution in [0.1, 0.15) is 15.2 Å². The Bertz CT molecular complexity index is 654. The second-order valence-corrected chi connectivity index (χ2v) is 5.53. The molecule has 0 spiro atoms. The number of benzene rings is 1. The number of amides is 1. The summed E-state index contributed by atoms with van der Waals surface area (Å²) in [6.07, 6.45) is 0. The number of nitrogens with zero attached hydrogens (tertiary/aromatic N) is 1. The number of nitro groups is 1. The van der Waals surface area contributed by atoms with Gasteiger partial charge < -0.3 is 5.32 Å². The second kappa shape index (κ2) is 5.50. The van der Waals surface area contributed by atoms with E-state index < -0.39 is 4.92 Å². The van der Waals surface area contributed by atoms with Gasteiger partial charge in [-0.25, -0.2) is 0 Å². The van der Waals surface area contributed by atoms with Crippen LogP contribution in [0.5, 0.6) is 0 Å². The molecule has 0 atom stereocenters. The van der Waals surface area contributed by atoms with Crippen molar-refractivity contribution in [3.63, 3.8) is 0 Å². The Morgan fingerprint density at radius 1 is 1.42 bits per heavy atom. The Hall–Kier alpha value is -1.73. The Kier molecular flexibility index (Phi) is 3.96. The van der Waals surface area contributed by atoms with Crippen LogP contribution in [0, 0.1) is 17.0 Å². The first-order chi connectivity index (χ1) is 9.00. The summed E-state index contributed by atoms with van der Waals surface area (Å²) in [5.41, 5.74) is 0.871.